The molecule has 0 saturated carbocycles. The third-order valence-corrected chi connectivity index (χ3v) is 2.65. The molecule has 0 spiro atoms. The fourth-order valence-corrected chi connectivity index (χ4v) is 1.35. The third-order valence-electron chi connectivity index (χ3n) is 2.65. The van der Waals surface area contributed by atoms with E-state index in [9.17, 15) is 4.79 Å². The van der Waals surface area contributed by atoms with Crippen LogP contribution in [0.4, 0.5) is 0 Å². The molecule has 6 heteroatoms. The summed E-state index contributed by atoms with van der Waals surface area (Å²) in [5.74, 6) is -0.597. The second-order valence-electron chi connectivity index (χ2n) is 4.87. The highest BCUT2D eigenvalue weighted by atomic mass is 16.4. The van der Waals surface area contributed by atoms with Crippen molar-refractivity contribution in [3.8, 4) is 0 Å². The first-order chi connectivity index (χ1) is 7.79. The molecule has 2 unspecified atom stereocenters. The molecule has 0 aromatic heterocycles. The van der Waals surface area contributed by atoms with Crippen LogP contribution in [0.25, 0.3) is 0 Å². The van der Waals surface area contributed by atoms with Gasteiger partial charge in [-0.25, -0.2) is 0 Å². The summed E-state index contributed by atoms with van der Waals surface area (Å²) in [4.78, 5) is 13.9. The van der Waals surface area contributed by atoms with E-state index in [1.165, 1.54) is 0 Å². The van der Waals surface area contributed by atoms with Crippen molar-refractivity contribution in [2.75, 3.05) is 20.6 Å². The first-order valence-electron chi connectivity index (χ1n) is 5.72. The number of rotatable bonds is 6. The molecule has 0 aliphatic carbocycles. The molecule has 0 saturated heterocycles. The van der Waals surface area contributed by atoms with Crippen molar-refractivity contribution in [2.45, 2.75) is 26.8 Å². The van der Waals surface area contributed by atoms with Gasteiger partial charge in [-0.15, -0.1) is 0 Å². The van der Waals surface area contributed by atoms with Crippen LogP contribution in [0.3, 0.4) is 0 Å². The lowest BCUT2D eigenvalue weighted by Crippen LogP contribution is -2.48. The van der Waals surface area contributed by atoms with Gasteiger partial charge in [-0.1, -0.05) is 19.0 Å². The number of nitrogens with zero attached hydrogens (tertiary/aromatic N) is 2. The van der Waals surface area contributed by atoms with Gasteiger partial charge in [0.25, 0.3) is 0 Å². The zero-order valence-electron chi connectivity index (χ0n) is 11.3. The van der Waals surface area contributed by atoms with Gasteiger partial charge in [-0.05, 0) is 26.9 Å². The van der Waals surface area contributed by atoms with E-state index in [2.05, 4.69) is 10.5 Å². The molecule has 0 fully saturated rings. The van der Waals surface area contributed by atoms with Gasteiger partial charge in [0.2, 0.25) is 5.91 Å². The molecular weight excluding hydrogens is 220 g/mol. The van der Waals surface area contributed by atoms with Crippen molar-refractivity contribution in [1.29, 1.82) is 0 Å². The molecule has 2 atom stereocenters. The van der Waals surface area contributed by atoms with E-state index in [-0.39, 0.29) is 17.8 Å². The maximum absolute atomic E-state index is 11.8. The highest BCUT2D eigenvalue weighted by Gasteiger charge is 2.22. The lowest BCUT2D eigenvalue weighted by molar-refractivity contribution is -0.123. The van der Waals surface area contributed by atoms with Crippen LogP contribution in [0.5, 0.6) is 0 Å². The lowest BCUT2D eigenvalue weighted by atomic mass is 10.0. The van der Waals surface area contributed by atoms with Crippen molar-refractivity contribution in [2.24, 2.45) is 22.7 Å². The quantitative estimate of drug-likeness (QED) is 0.267. The van der Waals surface area contributed by atoms with Crippen molar-refractivity contribution < 1.29 is 10.0 Å². The van der Waals surface area contributed by atoms with Gasteiger partial charge in [0.15, 0.2) is 5.84 Å². The van der Waals surface area contributed by atoms with Gasteiger partial charge < -0.3 is 21.2 Å². The monoisotopic (exact) mass is 244 g/mol. The first-order valence-corrected chi connectivity index (χ1v) is 5.72. The zero-order chi connectivity index (χ0) is 13.6. The molecule has 0 heterocycles. The number of likely N-dealkylation sites (N-methyl/N-ethyl adjacent to an activating group) is 1. The van der Waals surface area contributed by atoms with Crippen LogP contribution in [-0.4, -0.2) is 48.5 Å². The predicted molar refractivity (Wildman–Crippen MR) is 67.9 cm³/mol. The van der Waals surface area contributed by atoms with Crippen LogP contribution >= 0.6 is 0 Å². The van der Waals surface area contributed by atoms with Gasteiger partial charge in [-0.2, -0.15) is 0 Å². The second-order valence-corrected chi connectivity index (χ2v) is 4.87. The summed E-state index contributed by atoms with van der Waals surface area (Å²) in [6.07, 6.45) is 0. The number of nitrogens with one attached hydrogen (secondary N) is 1. The van der Waals surface area contributed by atoms with Crippen LogP contribution in [0.2, 0.25) is 0 Å². The topological polar surface area (TPSA) is 91.0 Å². The molecule has 17 heavy (non-hydrogen) atoms. The van der Waals surface area contributed by atoms with Crippen molar-refractivity contribution in [3.63, 3.8) is 0 Å². The van der Waals surface area contributed by atoms with E-state index in [1.807, 2.05) is 32.8 Å². The maximum Gasteiger partial charge on any atom is 0.230 e. The highest BCUT2D eigenvalue weighted by Crippen LogP contribution is 2.05. The van der Waals surface area contributed by atoms with E-state index in [1.54, 1.807) is 6.92 Å². The Morgan fingerprint density at radius 2 is 1.94 bits per heavy atom. The van der Waals surface area contributed by atoms with Crippen molar-refractivity contribution >= 4 is 11.7 Å². The van der Waals surface area contributed by atoms with E-state index in [4.69, 9.17) is 10.9 Å². The third kappa shape index (κ3) is 5.53. The summed E-state index contributed by atoms with van der Waals surface area (Å²) in [7, 11) is 3.91. The minimum Gasteiger partial charge on any atom is -0.409 e. The average Bonchev–Trinajstić information content (AvgIpc) is 2.25. The lowest BCUT2D eigenvalue weighted by Gasteiger charge is -2.26. The molecule has 0 aromatic carbocycles. The Kier molecular flexibility index (Phi) is 6.57. The van der Waals surface area contributed by atoms with Gasteiger partial charge in [0, 0.05) is 12.6 Å². The normalized spacial score (nSPS) is 16.1. The first kappa shape index (κ1) is 15.7. The van der Waals surface area contributed by atoms with Gasteiger partial charge in [-0.3, -0.25) is 4.79 Å². The summed E-state index contributed by atoms with van der Waals surface area (Å²) in [6.45, 7) is 6.45. The predicted octanol–water partition coefficient (Wildman–Crippen LogP) is 0.0713. The SMILES string of the molecule is CC(C(=O)NC(CN(C)C)C(C)C)C(N)=NO. The Labute approximate surface area is 103 Å². The van der Waals surface area contributed by atoms with Gasteiger partial charge in [0.1, 0.15) is 0 Å². The number of amidine groups is 1. The van der Waals surface area contributed by atoms with E-state index in [0.29, 0.717) is 5.92 Å². The van der Waals surface area contributed by atoms with Crippen molar-refractivity contribution in [1.82, 2.24) is 10.2 Å². The van der Waals surface area contributed by atoms with E-state index < -0.39 is 5.92 Å². The minimum absolute atomic E-state index is 0.0476. The molecule has 0 aliphatic rings. The van der Waals surface area contributed by atoms with Crippen LogP contribution < -0.4 is 11.1 Å². The number of nitrogens with two attached hydrogens (primary N) is 1. The zero-order valence-corrected chi connectivity index (χ0v) is 11.3. The molecule has 0 bridgehead atoms. The van der Waals surface area contributed by atoms with Crippen LogP contribution in [-0.2, 0) is 4.79 Å². The number of amides is 1. The molecule has 6 nitrogen and oxygen atoms in total. The Hall–Kier alpha value is -1.30. The molecular formula is C11H24N4O2. The van der Waals surface area contributed by atoms with Gasteiger partial charge in [0.05, 0.1) is 5.92 Å². The molecule has 0 aromatic rings. The fourth-order valence-electron chi connectivity index (χ4n) is 1.35. The summed E-state index contributed by atoms with van der Waals surface area (Å²) in [5.41, 5.74) is 5.40. The van der Waals surface area contributed by atoms with Crippen LogP contribution in [0.15, 0.2) is 5.16 Å². The Morgan fingerprint density at radius 1 is 1.41 bits per heavy atom. The minimum atomic E-state index is -0.622. The number of hydrogen-bond acceptors (Lipinski definition) is 4. The molecule has 4 N–H and O–H groups in total. The number of oxime groups is 1. The number of carbonyl (C=O) groups excluding carboxylic acids is 1. The molecule has 1 amide bonds. The Bertz CT molecular complexity index is 277. The Balaban J connectivity index is 4.50. The smallest absolute Gasteiger partial charge is 0.230 e. The van der Waals surface area contributed by atoms with E-state index in [0.717, 1.165) is 6.54 Å². The summed E-state index contributed by atoms with van der Waals surface area (Å²) in [6, 6.07) is 0.0476. The molecule has 0 aliphatic heterocycles. The second kappa shape index (κ2) is 7.11. The van der Waals surface area contributed by atoms with E-state index >= 15 is 0 Å². The average molecular weight is 244 g/mol. The highest BCUT2D eigenvalue weighted by molar-refractivity contribution is 6.01. The summed E-state index contributed by atoms with van der Waals surface area (Å²) < 4.78 is 0. The van der Waals surface area contributed by atoms with Gasteiger partial charge >= 0.3 is 0 Å². The summed E-state index contributed by atoms with van der Waals surface area (Å²) >= 11 is 0. The standard InChI is InChI=1S/C11H24N4O2/c1-7(2)9(6-15(4)5)13-11(16)8(3)10(12)14-17/h7-9,17H,6H2,1-5H3,(H2,12,14)(H,13,16). The van der Waals surface area contributed by atoms with Crippen molar-refractivity contribution in [3.05, 3.63) is 0 Å². The van der Waals surface area contributed by atoms with Crippen LogP contribution in [0, 0.1) is 11.8 Å². The molecule has 0 radical (unpaired) electrons. The van der Waals surface area contributed by atoms with Crippen LogP contribution in [0.1, 0.15) is 20.8 Å². The largest absolute Gasteiger partial charge is 0.409 e. The molecule has 0 rings (SSSR count). The fraction of sp³-hybridized carbons (Fsp3) is 0.818. The molecule has 100 valence electrons. The Morgan fingerprint density at radius 3 is 2.29 bits per heavy atom. The number of carbonyl (C=O) groups is 1. The maximum atomic E-state index is 11.8. The number of hydrogen-bond donors (Lipinski definition) is 3. The summed E-state index contributed by atoms with van der Waals surface area (Å²) in [5, 5.41) is 14.3.